The molecule has 5 nitrogen and oxygen atoms in total. The van der Waals surface area contributed by atoms with Gasteiger partial charge in [0.2, 0.25) is 0 Å². The van der Waals surface area contributed by atoms with Gasteiger partial charge in [-0.05, 0) is 18.6 Å². The number of aryl methyl sites for hydroxylation is 1. The Morgan fingerprint density at radius 2 is 1.90 bits per heavy atom. The van der Waals surface area contributed by atoms with Crippen molar-refractivity contribution in [3.8, 4) is 17.1 Å². The van der Waals surface area contributed by atoms with Crippen LogP contribution in [0.1, 0.15) is 15.9 Å². The fourth-order valence-corrected chi connectivity index (χ4v) is 2.05. The van der Waals surface area contributed by atoms with Gasteiger partial charge in [-0.3, -0.25) is 0 Å². The summed E-state index contributed by atoms with van der Waals surface area (Å²) in [6, 6.07) is 13.0. The number of carboxylic acid groups (broad SMARTS) is 1. The van der Waals surface area contributed by atoms with Crippen LogP contribution in [0.4, 0.5) is 0 Å². The van der Waals surface area contributed by atoms with E-state index in [-0.39, 0.29) is 5.56 Å². The first kappa shape index (κ1) is 13.1. The molecule has 104 valence electrons. The van der Waals surface area contributed by atoms with E-state index >= 15 is 0 Å². The van der Waals surface area contributed by atoms with Gasteiger partial charge in [0.15, 0.2) is 5.82 Å². The Morgan fingerprint density at radius 3 is 2.52 bits per heavy atom. The zero-order valence-electron chi connectivity index (χ0n) is 11.4. The Morgan fingerprint density at radius 1 is 1.14 bits per heavy atom. The maximum atomic E-state index is 11.4. The Balaban J connectivity index is 2.13. The minimum atomic E-state index is -1.01. The van der Waals surface area contributed by atoms with Gasteiger partial charge in [0.05, 0.1) is 0 Å². The number of aromatic nitrogens is 3. The van der Waals surface area contributed by atoms with E-state index in [2.05, 4.69) is 10.1 Å². The quantitative estimate of drug-likeness (QED) is 0.800. The number of hydrogen-bond donors (Lipinski definition) is 1. The summed E-state index contributed by atoms with van der Waals surface area (Å²) in [5, 5.41) is 13.7. The largest absolute Gasteiger partial charge is 0.478 e. The summed E-state index contributed by atoms with van der Waals surface area (Å²) in [7, 11) is 0. The average molecular weight is 279 g/mol. The van der Waals surface area contributed by atoms with Gasteiger partial charge in [0, 0.05) is 18.0 Å². The molecule has 2 heterocycles. The highest BCUT2D eigenvalue weighted by Crippen LogP contribution is 2.23. The molecule has 0 fully saturated rings. The monoisotopic (exact) mass is 279 g/mol. The van der Waals surface area contributed by atoms with E-state index in [4.69, 9.17) is 0 Å². The average Bonchev–Trinajstić information content (AvgIpc) is 2.94. The lowest BCUT2D eigenvalue weighted by atomic mass is 10.1. The molecule has 3 aromatic rings. The van der Waals surface area contributed by atoms with Crippen LogP contribution >= 0.6 is 0 Å². The first-order chi connectivity index (χ1) is 10.1. The van der Waals surface area contributed by atoms with Gasteiger partial charge in [0.1, 0.15) is 11.3 Å². The number of hydrogen-bond acceptors (Lipinski definition) is 3. The molecular weight excluding hydrogens is 266 g/mol. The third-order valence-electron chi connectivity index (χ3n) is 3.12. The molecule has 0 unspecified atom stereocenters. The highest BCUT2D eigenvalue weighted by molar-refractivity contribution is 5.94. The molecule has 0 radical (unpaired) electrons. The fraction of sp³-hybridized carbons (Fsp3) is 0.0625. The van der Waals surface area contributed by atoms with E-state index in [1.165, 1.54) is 10.9 Å². The summed E-state index contributed by atoms with van der Waals surface area (Å²) in [5.41, 5.74) is 2.39. The molecule has 1 aromatic carbocycles. The molecule has 0 aliphatic heterocycles. The van der Waals surface area contributed by atoms with E-state index in [0.29, 0.717) is 11.5 Å². The molecule has 2 aromatic heterocycles. The summed E-state index contributed by atoms with van der Waals surface area (Å²) < 4.78 is 1.49. The van der Waals surface area contributed by atoms with E-state index < -0.39 is 5.97 Å². The molecule has 1 N–H and O–H groups in total. The lowest BCUT2D eigenvalue weighted by Crippen LogP contribution is -1.98. The van der Waals surface area contributed by atoms with E-state index in [0.717, 1.165) is 11.1 Å². The van der Waals surface area contributed by atoms with Crippen molar-refractivity contribution in [3.05, 3.63) is 66.0 Å². The molecule has 0 atom stereocenters. The van der Waals surface area contributed by atoms with Gasteiger partial charge in [-0.1, -0.05) is 36.4 Å². The van der Waals surface area contributed by atoms with Gasteiger partial charge < -0.3 is 5.11 Å². The molecule has 0 saturated carbocycles. The first-order valence-electron chi connectivity index (χ1n) is 6.46. The van der Waals surface area contributed by atoms with Crippen LogP contribution < -0.4 is 0 Å². The smallest absolute Gasteiger partial charge is 0.339 e. The molecular formula is C16H13N3O2. The normalized spacial score (nSPS) is 10.5. The van der Waals surface area contributed by atoms with Crippen molar-refractivity contribution in [1.29, 1.82) is 0 Å². The third-order valence-corrected chi connectivity index (χ3v) is 3.12. The van der Waals surface area contributed by atoms with E-state index in [1.807, 2.05) is 49.4 Å². The van der Waals surface area contributed by atoms with Gasteiger partial charge in [-0.2, -0.15) is 5.10 Å². The third kappa shape index (κ3) is 2.53. The highest BCUT2D eigenvalue weighted by atomic mass is 16.4. The van der Waals surface area contributed by atoms with Crippen LogP contribution in [-0.4, -0.2) is 25.8 Å². The van der Waals surface area contributed by atoms with Crippen LogP contribution in [0.15, 0.2) is 54.9 Å². The lowest BCUT2D eigenvalue weighted by Gasteiger charge is -2.00. The Hall–Kier alpha value is -2.95. The first-order valence-corrected chi connectivity index (χ1v) is 6.46. The van der Waals surface area contributed by atoms with Crippen molar-refractivity contribution in [2.24, 2.45) is 0 Å². The molecule has 0 spiro atoms. The topological polar surface area (TPSA) is 68.0 Å². The van der Waals surface area contributed by atoms with E-state index in [1.54, 1.807) is 6.20 Å². The predicted octanol–water partition coefficient (Wildman–Crippen LogP) is 2.94. The van der Waals surface area contributed by atoms with Crippen molar-refractivity contribution >= 4 is 5.97 Å². The van der Waals surface area contributed by atoms with Crippen LogP contribution in [0.5, 0.6) is 0 Å². The van der Waals surface area contributed by atoms with Crippen LogP contribution in [0.3, 0.4) is 0 Å². The molecule has 3 rings (SSSR count). The summed E-state index contributed by atoms with van der Waals surface area (Å²) in [6.07, 6.45) is 3.21. The second kappa shape index (κ2) is 5.20. The predicted molar refractivity (Wildman–Crippen MR) is 78.5 cm³/mol. The molecule has 0 saturated heterocycles. The maximum absolute atomic E-state index is 11.4. The van der Waals surface area contributed by atoms with Gasteiger partial charge >= 0.3 is 5.97 Å². The zero-order valence-corrected chi connectivity index (χ0v) is 11.4. The van der Waals surface area contributed by atoms with Crippen LogP contribution in [0.2, 0.25) is 0 Å². The zero-order chi connectivity index (χ0) is 14.8. The van der Waals surface area contributed by atoms with Crippen molar-refractivity contribution in [2.45, 2.75) is 6.92 Å². The lowest BCUT2D eigenvalue weighted by molar-refractivity contribution is 0.0697. The van der Waals surface area contributed by atoms with Crippen molar-refractivity contribution in [2.75, 3.05) is 0 Å². The molecule has 21 heavy (non-hydrogen) atoms. The summed E-state index contributed by atoms with van der Waals surface area (Å²) >= 11 is 0. The van der Waals surface area contributed by atoms with Gasteiger partial charge in [-0.15, -0.1) is 0 Å². The molecule has 0 bridgehead atoms. The Labute approximate surface area is 121 Å². The van der Waals surface area contributed by atoms with E-state index in [9.17, 15) is 9.90 Å². The highest BCUT2D eigenvalue weighted by Gasteiger charge is 2.17. The summed E-state index contributed by atoms with van der Waals surface area (Å²) in [4.78, 5) is 15.7. The number of carboxylic acids is 1. The van der Waals surface area contributed by atoms with Crippen LogP contribution in [0, 0.1) is 6.92 Å². The number of aromatic carboxylic acids is 1. The number of pyridine rings is 1. The minimum absolute atomic E-state index is 0.156. The number of carbonyl (C=O) groups is 1. The SMILES string of the molecule is Cc1ccc(-n2cc(C(=O)O)c(-c3ccccc3)n2)nc1. The number of rotatable bonds is 3. The summed E-state index contributed by atoms with van der Waals surface area (Å²) in [5.74, 6) is -0.419. The second-order valence-corrected chi connectivity index (χ2v) is 4.70. The summed E-state index contributed by atoms with van der Waals surface area (Å²) in [6.45, 7) is 1.94. The van der Waals surface area contributed by atoms with Crippen LogP contribution in [-0.2, 0) is 0 Å². The second-order valence-electron chi connectivity index (χ2n) is 4.70. The molecule has 0 amide bonds. The van der Waals surface area contributed by atoms with Gasteiger partial charge in [0.25, 0.3) is 0 Å². The number of nitrogens with zero attached hydrogens (tertiary/aromatic N) is 3. The molecule has 0 aliphatic rings. The van der Waals surface area contributed by atoms with Crippen LogP contribution in [0.25, 0.3) is 17.1 Å². The fourth-order valence-electron chi connectivity index (χ4n) is 2.05. The maximum Gasteiger partial charge on any atom is 0.339 e. The van der Waals surface area contributed by atoms with Gasteiger partial charge in [-0.25, -0.2) is 14.5 Å². The molecule has 5 heteroatoms. The number of benzene rings is 1. The van der Waals surface area contributed by atoms with Crippen molar-refractivity contribution in [1.82, 2.24) is 14.8 Å². The Kier molecular flexibility index (Phi) is 3.23. The Bertz CT molecular complexity index is 777. The minimum Gasteiger partial charge on any atom is -0.478 e. The van der Waals surface area contributed by atoms with Crippen molar-refractivity contribution < 1.29 is 9.90 Å². The molecule has 0 aliphatic carbocycles. The van der Waals surface area contributed by atoms with Crippen molar-refractivity contribution in [3.63, 3.8) is 0 Å². The standard InChI is InChI=1S/C16H13N3O2/c1-11-7-8-14(17-9-11)19-10-13(16(20)21)15(18-19)12-5-3-2-4-6-12/h2-10H,1H3,(H,20,21).